The first-order valence-electron chi connectivity index (χ1n) is 6.01. The molecule has 1 aromatic carbocycles. The highest BCUT2D eigenvalue weighted by Gasteiger charge is 2.30. The van der Waals surface area contributed by atoms with E-state index in [2.05, 4.69) is 6.92 Å². The Balaban J connectivity index is 2.34. The third-order valence-corrected chi connectivity index (χ3v) is 4.06. The number of nitrogens with two attached hydrogens (primary N) is 1. The van der Waals surface area contributed by atoms with Crippen LogP contribution in [0.2, 0.25) is 0 Å². The van der Waals surface area contributed by atoms with E-state index in [4.69, 9.17) is 5.73 Å². The van der Waals surface area contributed by atoms with Gasteiger partial charge in [-0.3, -0.25) is 4.79 Å². The molecule has 1 atom stereocenters. The fourth-order valence-electron chi connectivity index (χ4n) is 1.97. The first-order valence-corrected chi connectivity index (χ1v) is 6.89. The number of carbonyl (C=O) groups is 1. The van der Waals surface area contributed by atoms with Crippen LogP contribution in [0.5, 0.6) is 0 Å². The van der Waals surface area contributed by atoms with Crippen molar-refractivity contribution in [3.63, 3.8) is 0 Å². The second-order valence-electron chi connectivity index (χ2n) is 4.33. The van der Waals surface area contributed by atoms with Crippen LogP contribution < -0.4 is 10.6 Å². The van der Waals surface area contributed by atoms with Crippen molar-refractivity contribution in [2.75, 3.05) is 17.2 Å². The van der Waals surface area contributed by atoms with Gasteiger partial charge >= 0.3 is 0 Å². The lowest BCUT2D eigenvalue weighted by Gasteiger charge is -2.32. The van der Waals surface area contributed by atoms with Gasteiger partial charge in [0.25, 0.3) is 0 Å². The molecule has 17 heavy (non-hydrogen) atoms. The number of fused-ring (bicyclic) bond motifs is 1. The first kappa shape index (κ1) is 12.3. The molecule has 1 aromatic rings. The summed E-state index contributed by atoms with van der Waals surface area (Å²) in [4.78, 5) is 15.2. The minimum atomic E-state index is -0.0128. The minimum Gasteiger partial charge on any atom is -0.399 e. The second-order valence-corrected chi connectivity index (χ2v) is 5.71. The number of carbonyl (C=O) groups excluding carboxylic acids is 1. The number of thioether (sulfide) groups is 1. The Morgan fingerprint density at radius 2 is 2.24 bits per heavy atom. The van der Waals surface area contributed by atoms with Crippen molar-refractivity contribution >= 4 is 29.0 Å². The molecule has 0 fully saturated rings. The molecule has 4 heteroatoms. The topological polar surface area (TPSA) is 46.3 Å². The lowest BCUT2D eigenvalue weighted by atomic mass is 10.2. The summed E-state index contributed by atoms with van der Waals surface area (Å²) >= 11 is 1.60. The molecule has 2 N–H and O–H groups in total. The summed E-state index contributed by atoms with van der Waals surface area (Å²) in [7, 11) is 0. The lowest BCUT2D eigenvalue weighted by molar-refractivity contribution is -0.118. The number of amides is 1. The Morgan fingerprint density at radius 1 is 1.47 bits per heavy atom. The van der Waals surface area contributed by atoms with Gasteiger partial charge in [0, 0.05) is 17.1 Å². The van der Waals surface area contributed by atoms with Crippen molar-refractivity contribution in [2.45, 2.75) is 36.8 Å². The summed E-state index contributed by atoms with van der Waals surface area (Å²) in [6.45, 7) is 4.89. The quantitative estimate of drug-likeness (QED) is 0.839. The van der Waals surface area contributed by atoms with E-state index < -0.39 is 0 Å². The summed E-state index contributed by atoms with van der Waals surface area (Å²) < 4.78 is 0. The van der Waals surface area contributed by atoms with E-state index in [0.29, 0.717) is 0 Å². The smallest absolute Gasteiger partial charge is 0.240 e. The Kier molecular flexibility index (Phi) is 3.62. The first-order chi connectivity index (χ1) is 8.13. The zero-order valence-corrected chi connectivity index (χ0v) is 11.1. The van der Waals surface area contributed by atoms with Crippen molar-refractivity contribution in [3.05, 3.63) is 18.2 Å². The Morgan fingerprint density at radius 3 is 2.94 bits per heavy atom. The average Bonchev–Trinajstić information content (AvgIpc) is 2.30. The highest BCUT2D eigenvalue weighted by Crippen LogP contribution is 2.40. The van der Waals surface area contributed by atoms with Crippen LogP contribution in [-0.2, 0) is 4.79 Å². The summed E-state index contributed by atoms with van der Waals surface area (Å²) in [6, 6.07) is 5.78. The molecular weight excluding hydrogens is 232 g/mol. The van der Waals surface area contributed by atoms with Crippen LogP contribution in [0, 0.1) is 0 Å². The molecule has 1 heterocycles. The fraction of sp³-hybridized carbons (Fsp3) is 0.462. The maximum absolute atomic E-state index is 12.2. The van der Waals surface area contributed by atoms with E-state index in [0.717, 1.165) is 35.7 Å². The molecule has 0 saturated heterocycles. The van der Waals surface area contributed by atoms with Crippen LogP contribution in [0.1, 0.15) is 26.7 Å². The number of hydrogen-bond donors (Lipinski definition) is 1. The van der Waals surface area contributed by atoms with Gasteiger partial charge in [-0.2, -0.15) is 0 Å². The Labute approximate surface area is 106 Å². The van der Waals surface area contributed by atoms with Crippen molar-refractivity contribution in [1.29, 1.82) is 0 Å². The minimum absolute atomic E-state index is 0.0128. The predicted molar refractivity (Wildman–Crippen MR) is 73.4 cm³/mol. The third-order valence-electron chi connectivity index (χ3n) is 2.93. The number of nitrogen functional groups attached to an aromatic ring is 1. The van der Waals surface area contributed by atoms with Gasteiger partial charge in [-0.25, -0.2) is 0 Å². The van der Waals surface area contributed by atoms with E-state index in [1.165, 1.54) is 0 Å². The van der Waals surface area contributed by atoms with Crippen LogP contribution in [0.15, 0.2) is 23.1 Å². The van der Waals surface area contributed by atoms with Crippen molar-refractivity contribution < 1.29 is 4.79 Å². The number of hydrogen-bond acceptors (Lipinski definition) is 3. The zero-order chi connectivity index (χ0) is 12.4. The third kappa shape index (κ3) is 2.41. The maximum Gasteiger partial charge on any atom is 0.240 e. The summed E-state index contributed by atoms with van der Waals surface area (Å²) in [5.41, 5.74) is 7.56. The van der Waals surface area contributed by atoms with E-state index in [-0.39, 0.29) is 11.2 Å². The van der Waals surface area contributed by atoms with Crippen molar-refractivity contribution in [3.8, 4) is 0 Å². The molecule has 92 valence electrons. The standard InChI is InChI=1S/C13H18N2OS/c1-3-4-7-15-11-6-5-10(14)8-12(11)17-9(2)13(15)16/h5-6,8-9H,3-4,7,14H2,1-2H3. The van der Waals surface area contributed by atoms with Crippen LogP contribution in [0.25, 0.3) is 0 Å². The molecule has 2 rings (SSSR count). The van der Waals surface area contributed by atoms with Crippen LogP contribution in [0.3, 0.4) is 0 Å². The molecule has 3 nitrogen and oxygen atoms in total. The average molecular weight is 250 g/mol. The Hall–Kier alpha value is -1.16. The maximum atomic E-state index is 12.2. The van der Waals surface area contributed by atoms with Crippen LogP contribution in [-0.4, -0.2) is 17.7 Å². The molecule has 0 radical (unpaired) electrons. The molecule has 0 saturated carbocycles. The van der Waals surface area contributed by atoms with E-state index >= 15 is 0 Å². The number of benzene rings is 1. The van der Waals surface area contributed by atoms with Crippen molar-refractivity contribution in [1.82, 2.24) is 0 Å². The summed E-state index contributed by atoms with van der Waals surface area (Å²) in [5.74, 6) is 0.209. The second kappa shape index (κ2) is 5.00. The van der Waals surface area contributed by atoms with Crippen molar-refractivity contribution in [2.24, 2.45) is 0 Å². The number of anilines is 2. The predicted octanol–water partition coefficient (Wildman–Crippen LogP) is 2.90. The van der Waals surface area contributed by atoms with E-state index in [1.54, 1.807) is 11.8 Å². The van der Waals surface area contributed by atoms with Gasteiger partial charge in [-0.15, -0.1) is 11.8 Å². The van der Waals surface area contributed by atoms with Gasteiger partial charge in [0.05, 0.1) is 10.9 Å². The van der Waals surface area contributed by atoms with Gasteiger partial charge in [-0.05, 0) is 31.5 Å². The van der Waals surface area contributed by atoms with Crippen LogP contribution in [0.4, 0.5) is 11.4 Å². The normalized spacial score (nSPS) is 19.3. The largest absolute Gasteiger partial charge is 0.399 e. The van der Waals surface area contributed by atoms with Gasteiger partial charge in [0.2, 0.25) is 5.91 Å². The zero-order valence-electron chi connectivity index (χ0n) is 10.3. The molecule has 0 spiro atoms. The van der Waals surface area contributed by atoms with Gasteiger partial charge < -0.3 is 10.6 Å². The fourth-order valence-corrected chi connectivity index (χ4v) is 3.09. The monoisotopic (exact) mass is 250 g/mol. The van der Waals surface area contributed by atoms with E-state index in [1.807, 2.05) is 30.0 Å². The van der Waals surface area contributed by atoms with Gasteiger partial charge in [0.1, 0.15) is 0 Å². The molecule has 0 aliphatic carbocycles. The highest BCUT2D eigenvalue weighted by atomic mass is 32.2. The Bertz CT molecular complexity index is 433. The summed E-state index contributed by atoms with van der Waals surface area (Å²) in [6.07, 6.45) is 2.13. The summed E-state index contributed by atoms with van der Waals surface area (Å²) in [5, 5.41) is -0.0128. The molecule has 1 aliphatic heterocycles. The number of unbranched alkanes of at least 4 members (excludes halogenated alkanes) is 1. The lowest BCUT2D eigenvalue weighted by Crippen LogP contribution is -2.40. The van der Waals surface area contributed by atoms with Gasteiger partial charge in [-0.1, -0.05) is 13.3 Å². The number of rotatable bonds is 3. The molecule has 1 aliphatic rings. The van der Waals surface area contributed by atoms with E-state index in [9.17, 15) is 4.79 Å². The highest BCUT2D eigenvalue weighted by molar-refractivity contribution is 8.01. The molecule has 0 bridgehead atoms. The molecule has 0 aromatic heterocycles. The SMILES string of the molecule is CCCCN1C(=O)C(C)Sc2cc(N)ccc21. The molecular formula is C13H18N2OS. The van der Waals surface area contributed by atoms with Gasteiger partial charge in [0.15, 0.2) is 0 Å². The molecule has 1 unspecified atom stereocenters. The molecule has 1 amide bonds. The number of nitrogens with zero attached hydrogens (tertiary/aromatic N) is 1. The van der Waals surface area contributed by atoms with Crippen LogP contribution >= 0.6 is 11.8 Å².